The fourth-order valence-corrected chi connectivity index (χ4v) is 0.955. The summed E-state index contributed by atoms with van der Waals surface area (Å²) >= 11 is 0. The second-order valence-corrected chi connectivity index (χ2v) is 2.77. The fraction of sp³-hybridized carbons (Fsp3) is 0.778. The third-order valence-electron chi connectivity index (χ3n) is 1.62. The zero-order valence-corrected chi connectivity index (χ0v) is 6.69. The molecule has 0 N–H and O–H groups in total. The van der Waals surface area contributed by atoms with E-state index in [-0.39, 0.29) is 0 Å². The Bertz CT molecular complexity index is 64.4. The van der Waals surface area contributed by atoms with E-state index in [0.717, 1.165) is 5.92 Å². The van der Waals surface area contributed by atoms with E-state index >= 15 is 0 Å². The van der Waals surface area contributed by atoms with E-state index in [1.165, 1.54) is 25.7 Å². The second kappa shape index (κ2) is 5.87. The number of rotatable bonds is 5. The molecule has 1 unspecified atom stereocenters. The fourth-order valence-electron chi connectivity index (χ4n) is 0.955. The van der Waals surface area contributed by atoms with Crippen LogP contribution >= 0.6 is 0 Å². The molecular formula is C9H18. The van der Waals surface area contributed by atoms with Crippen LogP contribution in [0.15, 0.2) is 12.7 Å². The Morgan fingerprint density at radius 1 is 1.56 bits per heavy atom. The van der Waals surface area contributed by atoms with E-state index in [1.807, 2.05) is 6.08 Å². The minimum atomic E-state index is 0.849. The smallest absolute Gasteiger partial charge is 0.0328 e. The first kappa shape index (κ1) is 8.74. The summed E-state index contributed by atoms with van der Waals surface area (Å²) in [6, 6.07) is 0. The third-order valence-corrected chi connectivity index (χ3v) is 1.62. The minimum Gasteiger partial charge on any atom is -0.103 e. The number of hydrogen-bond donors (Lipinski definition) is 0. The molecule has 0 aliphatic rings. The summed E-state index contributed by atoms with van der Waals surface area (Å²) in [7, 11) is 0. The van der Waals surface area contributed by atoms with Gasteiger partial charge in [0, 0.05) is 0 Å². The monoisotopic (exact) mass is 126 g/mol. The van der Waals surface area contributed by atoms with E-state index in [4.69, 9.17) is 0 Å². The SMILES string of the molecule is C=CCC(C)CCCC. The quantitative estimate of drug-likeness (QED) is 0.495. The molecule has 0 nitrogen and oxygen atoms in total. The Hall–Kier alpha value is -0.260. The highest BCUT2D eigenvalue weighted by atomic mass is 14.0. The molecule has 0 saturated carbocycles. The molecule has 0 heterocycles. The first-order valence-electron chi connectivity index (χ1n) is 3.92. The number of unbranched alkanes of at least 4 members (excludes halogenated alkanes) is 1. The second-order valence-electron chi connectivity index (χ2n) is 2.77. The van der Waals surface area contributed by atoms with Crippen molar-refractivity contribution in [3.05, 3.63) is 12.7 Å². The highest BCUT2D eigenvalue weighted by Gasteiger charge is 1.96. The van der Waals surface area contributed by atoms with Gasteiger partial charge in [-0.25, -0.2) is 0 Å². The zero-order chi connectivity index (χ0) is 7.11. The molecule has 54 valence electrons. The molecule has 0 bridgehead atoms. The van der Waals surface area contributed by atoms with Crippen molar-refractivity contribution < 1.29 is 0 Å². The Labute approximate surface area is 59.0 Å². The van der Waals surface area contributed by atoms with E-state index < -0.39 is 0 Å². The van der Waals surface area contributed by atoms with Gasteiger partial charge < -0.3 is 0 Å². The first-order valence-corrected chi connectivity index (χ1v) is 3.92. The molecule has 0 saturated heterocycles. The van der Waals surface area contributed by atoms with Gasteiger partial charge in [0.2, 0.25) is 0 Å². The molecule has 0 aromatic carbocycles. The lowest BCUT2D eigenvalue weighted by molar-refractivity contribution is 0.512. The molecule has 0 radical (unpaired) electrons. The van der Waals surface area contributed by atoms with E-state index in [1.54, 1.807) is 0 Å². The third kappa shape index (κ3) is 5.61. The van der Waals surface area contributed by atoms with Crippen LogP contribution in [-0.2, 0) is 0 Å². The average molecular weight is 126 g/mol. The lowest BCUT2D eigenvalue weighted by Crippen LogP contribution is -1.90. The van der Waals surface area contributed by atoms with Gasteiger partial charge in [-0.2, -0.15) is 0 Å². The Morgan fingerprint density at radius 3 is 2.67 bits per heavy atom. The standard InChI is InChI=1S/C9H18/c1-4-6-8-9(3)7-5-2/h5,9H,2,4,6-8H2,1,3H3. The lowest BCUT2D eigenvalue weighted by atomic mass is 10.0. The van der Waals surface area contributed by atoms with Crippen molar-refractivity contribution in [1.29, 1.82) is 0 Å². The largest absolute Gasteiger partial charge is 0.103 e. The number of allylic oxidation sites excluding steroid dienone is 1. The minimum absolute atomic E-state index is 0.849. The summed E-state index contributed by atoms with van der Waals surface area (Å²) in [6.07, 6.45) is 7.25. The van der Waals surface area contributed by atoms with Crippen molar-refractivity contribution >= 4 is 0 Å². The van der Waals surface area contributed by atoms with Gasteiger partial charge in [0.25, 0.3) is 0 Å². The predicted octanol–water partition coefficient (Wildman–Crippen LogP) is 3.39. The van der Waals surface area contributed by atoms with Gasteiger partial charge in [-0.1, -0.05) is 39.2 Å². The van der Waals surface area contributed by atoms with Gasteiger partial charge in [0.05, 0.1) is 0 Å². The van der Waals surface area contributed by atoms with Crippen LogP contribution in [0.1, 0.15) is 39.5 Å². The molecule has 0 fully saturated rings. The van der Waals surface area contributed by atoms with Gasteiger partial charge >= 0.3 is 0 Å². The van der Waals surface area contributed by atoms with Crippen LogP contribution in [0.3, 0.4) is 0 Å². The zero-order valence-electron chi connectivity index (χ0n) is 6.69. The summed E-state index contributed by atoms with van der Waals surface area (Å²) in [5.41, 5.74) is 0. The van der Waals surface area contributed by atoms with E-state index in [2.05, 4.69) is 20.4 Å². The van der Waals surface area contributed by atoms with Gasteiger partial charge in [0.15, 0.2) is 0 Å². The average Bonchev–Trinajstić information content (AvgIpc) is 1.85. The highest BCUT2D eigenvalue weighted by Crippen LogP contribution is 2.11. The predicted molar refractivity (Wildman–Crippen MR) is 43.5 cm³/mol. The van der Waals surface area contributed by atoms with Crippen LogP contribution in [0.4, 0.5) is 0 Å². The maximum absolute atomic E-state index is 3.71. The molecule has 0 aliphatic carbocycles. The summed E-state index contributed by atoms with van der Waals surface area (Å²) < 4.78 is 0. The molecule has 0 aromatic heterocycles. The van der Waals surface area contributed by atoms with Crippen molar-refractivity contribution in [3.8, 4) is 0 Å². The van der Waals surface area contributed by atoms with Crippen LogP contribution in [-0.4, -0.2) is 0 Å². The first-order chi connectivity index (χ1) is 4.31. The number of hydrogen-bond acceptors (Lipinski definition) is 0. The van der Waals surface area contributed by atoms with Crippen LogP contribution in [0.2, 0.25) is 0 Å². The molecule has 1 atom stereocenters. The normalized spacial score (nSPS) is 13.1. The van der Waals surface area contributed by atoms with E-state index in [9.17, 15) is 0 Å². The molecular weight excluding hydrogens is 108 g/mol. The molecule has 0 spiro atoms. The Balaban J connectivity index is 3.04. The summed E-state index contributed by atoms with van der Waals surface area (Å²) in [6.45, 7) is 8.23. The van der Waals surface area contributed by atoms with Crippen molar-refractivity contribution in [2.24, 2.45) is 5.92 Å². The summed E-state index contributed by atoms with van der Waals surface area (Å²) in [4.78, 5) is 0. The van der Waals surface area contributed by atoms with Gasteiger partial charge in [-0.05, 0) is 12.3 Å². The van der Waals surface area contributed by atoms with Crippen molar-refractivity contribution in [3.63, 3.8) is 0 Å². The van der Waals surface area contributed by atoms with E-state index in [0.29, 0.717) is 0 Å². The van der Waals surface area contributed by atoms with Crippen LogP contribution in [0, 0.1) is 5.92 Å². The lowest BCUT2D eigenvalue weighted by Gasteiger charge is -2.05. The maximum Gasteiger partial charge on any atom is -0.0328 e. The van der Waals surface area contributed by atoms with Gasteiger partial charge in [-0.3, -0.25) is 0 Å². The topological polar surface area (TPSA) is 0 Å². The van der Waals surface area contributed by atoms with Crippen LogP contribution in [0.5, 0.6) is 0 Å². The Morgan fingerprint density at radius 2 is 2.22 bits per heavy atom. The molecule has 9 heavy (non-hydrogen) atoms. The molecule has 0 heteroatoms. The highest BCUT2D eigenvalue weighted by molar-refractivity contribution is 4.69. The summed E-state index contributed by atoms with van der Waals surface area (Å²) in [5, 5.41) is 0. The van der Waals surface area contributed by atoms with Gasteiger partial charge in [0.1, 0.15) is 0 Å². The maximum atomic E-state index is 3.71. The van der Waals surface area contributed by atoms with Gasteiger partial charge in [-0.15, -0.1) is 6.58 Å². The molecule has 0 aromatic rings. The van der Waals surface area contributed by atoms with Crippen molar-refractivity contribution in [2.75, 3.05) is 0 Å². The molecule has 0 rings (SSSR count). The molecule has 0 amide bonds. The van der Waals surface area contributed by atoms with Crippen LogP contribution < -0.4 is 0 Å². The van der Waals surface area contributed by atoms with Crippen molar-refractivity contribution in [1.82, 2.24) is 0 Å². The van der Waals surface area contributed by atoms with Crippen LogP contribution in [0.25, 0.3) is 0 Å². The summed E-state index contributed by atoms with van der Waals surface area (Å²) in [5.74, 6) is 0.849. The molecule has 0 aliphatic heterocycles. The Kier molecular flexibility index (Phi) is 5.70. The van der Waals surface area contributed by atoms with Crippen molar-refractivity contribution in [2.45, 2.75) is 39.5 Å².